The van der Waals surface area contributed by atoms with Gasteiger partial charge in [-0.1, -0.05) is 23.5 Å². The predicted molar refractivity (Wildman–Crippen MR) is 135 cm³/mol. The Hall–Kier alpha value is -2.32. The highest BCUT2D eigenvalue weighted by Crippen LogP contribution is 2.38. The van der Waals surface area contributed by atoms with Gasteiger partial charge in [-0.25, -0.2) is 0 Å². The second kappa shape index (κ2) is 9.04. The third-order valence-electron chi connectivity index (χ3n) is 4.82. The van der Waals surface area contributed by atoms with Crippen LogP contribution in [0.1, 0.15) is 18.1 Å². The highest BCUT2D eigenvalue weighted by atomic mass is 79.9. The van der Waals surface area contributed by atoms with Crippen LogP contribution in [0.4, 0.5) is 0 Å². The molecule has 0 saturated heterocycles. The van der Waals surface area contributed by atoms with E-state index in [4.69, 9.17) is 15.1 Å². The number of aliphatic hydroxyl groups is 1. The minimum Gasteiger partial charge on any atom is -0.499 e. The Kier molecular flexibility index (Phi) is 6.39. The number of hydrogen-bond donors (Lipinski definition) is 2. The highest BCUT2D eigenvalue weighted by molar-refractivity contribution is 9.11. The summed E-state index contributed by atoms with van der Waals surface area (Å²) in [4.78, 5) is 11.8. The number of aromatic hydroxyl groups is 1. The largest absolute Gasteiger partial charge is 0.499 e. The molecule has 5 aromatic rings. The quantitative estimate of drug-likeness (QED) is 0.243. The summed E-state index contributed by atoms with van der Waals surface area (Å²) in [5.41, 5.74) is 6.26. The molecule has 1 aromatic carbocycles. The lowest BCUT2D eigenvalue weighted by molar-refractivity contribution is 0.318. The molecule has 4 heterocycles. The summed E-state index contributed by atoms with van der Waals surface area (Å²) in [5.74, 6) is 0. The molecule has 4 nitrogen and oxygen atoms in total. The van der Waals surface area contributed by atoms with Gasteiger partial charge in [0.25, 0.3) is 0 Å². The van der Waals surface area contributed by atoms with Crippen LogP contribution >= 0.6 is 38.6 Å². The Labute approximate surface area is 197 Å². The van der Waals surface area contributed by atoms with E-state index in [0.29, 0.717) is 5.06 Å². The minimum absolute atomic E-state index is 0.250. The number of nitrogens with zero attached hydrogens (tertiary/aromatic N) is 2. The van der Waals surface area contributed by atoms with Gasteiger partial charge in [0.1, 0.15) is 0 Å². The lowest BCUT2D eigenvalue weighted by Crippen LogP contribution is -1.88. The number of hydrogen-bond acceptors (Lipinski definition) is 6. The molecule has 158 valence electrons. The lowest BCUT2D eigenvalue weighted by Gasteiger charge is -2.07. The molecule has 31 heavy (non-hydrogen) atoms. The van der Waals surface area contributed by atoms with Crippen molar-refractivity contribution in [3.63, 3.8) is 0 Å². The number of halogens is 1. The molecule has 0 fully saturated rings. The van der Waals surface area contributed by atoms with Crippen molar-refractivity contribution < 1.29 is 10.2 Å². The van der Waals surface area contributed by atoms with Gasteiger partial charge in [0.2, 0.25) is 0 Å². The van der Waals surface area contributed by atoms with E-state index >= 15 is 0 Å². The third-order valence-corrected chi connectivity index (χ3v) is 7.70. The van der Waals surface area contributed by atoms with Crippen LogP contribution in [0.25, 0.3) is 42.7 Å². The van der Waals surface area contributed by atoms with Crippen molar-refractivity contribution in [2.45, 2.75) is 20.8 Å². The van der Waals surface area contributed by atoms with Crippen LogP contribution in [-0.2, 0) is 0 Å². The standard InChI is InChI=1S/C22H15BrN2OS2.C2H6O/c1-11-5-17(23)27-21(11)15-7-13-3-4-14-8-16(22-12(2)6-18(26)28-22)10-25-20(14)19(13)24-9-15;1-2-3/h3-10,26H,1-2H3;3H,2H2,1H3. The Morgan fingerprint density at radius 3 is 1.74 bits per heavy atom. The van der Waals surface area contributed by atoms with Crippen molar-refractivity contribution in [2.24, 2.45) is 0 Å². The number of thiophene rings is 2. The van der Waals surface area contributed by atoms with E-state index in [-0.39, 0.29) is 6.61 Å². The molecule has 7 heteroatoms. The summed E-state index contributed by atoms with van der Waals surface area (Å²) in [5, 5.41) is 19.8. The van der Waals surface area contributed by atoms with Crippen molar-refractivity contribution in [3.05, 3.63) is 63.7 Å². The molecule has 0 amide bonds. The molecule has 0 aliphatic heterocycles. The summed E-state index contributed by atoms with van der Waals surface area (Å²) in [6.45, 7) is 6.05. The van der Waals surface area contributed by atoms with Gasteiger partial charge in [-0.15, -0.1) is 11.3 Å². The molecule has 4 aromatic heterocycles. The Balaban J connectivity index is 0.000000730. The fraction of sp³-hybridized carbons (Fsp3) is 0.167. The zero-order valence-corrected chi connectivity index (χ0v) is 20.5. The zero-order chi connectivity index (χ0) is 22.1. The lowest BCUT2D eigenvalue weighted by atomic mass is 10.1. The Morgan fingerprint density at radius 1 is 0.839 bits per heavy atom. The molecular formula is C24H21BrN2O2S2. The van der Waals surface area contributed by atoms with Crippen molar-refractivity contribution in [1.82, 2.24) is 9.97 Å². The van der Waals surface area contributed by atoms with Crippen molar-refractivity contribution >= 4 is 60.4 Å². The molecule has 0 aliphatic carbocycles. The second-order valence-corrected chi connectivity index (χ2v) is 10.6. The number of fused-ring (bicyclic) bond motifs is 3. The van der Waals surface area contributed by atoms with Crippen molar-refractivity contribution in [1.29, 1.82) is 0 Å². The molecule has 5 rings (SSSR count). The van der Waals surface area contributed by atoms with Crippen LogP contribution in [0, 0.1) is 13.8 Å². The van der Waals surface area contributed by atoms with Gasteiger partial charge in [0, 0.05) is 50.7 Å². The normalized spacial score (nSPS) is 11.0. The summed E-state index contributed by atoms with van der Waals surface area (Å²) in [6.07, 6.45) is 3.81. The van der Waals surface area contributed by atoms with E-state index in [9.17, 15) is 5.11 Å². The zero-order valence-electron chi connectivity index (χ0n) is 17.3. The number of aliphatic hydroxyl groups excluding tert-OH is 1. The maximum atomic E-state index is 9.78. The van der Waals surface area contributed by atoms with Gasteiger partial charge in [-0.2, -0.15) is 0 Å². The molecule has 0 saturated carbocycles. The van der Waals surface area contributed by atoms with Gasteiger partial charge < -0.3 is 10.2 Å². The molecule has 0 bridgehead atoms. The van der Waals surface area contributed by atoms with Crippen LogP contribution in [0.3, 0.4) is 0 Å². The van der Waals surface area contributed by atoms with E-state index in [1.165, 1.54) is 21.8 Å². The first kappa shape index (κ1) is 21.9. The molecule has 0 radical (unpaired) electrons. The van der Waals surface area contributed by atoms with Crippen LogP contribution < -0.4 is 0 Å². The molecule has 0 spiro atoms. The van der Waals surface area contributed by atoms with Gasteiger partial charge in [-0.3, -0.25) is 9.97 Å². The van der Waals surface area contributed by atoms with Gasteiger partial charge in [0.05, 0.1) is 14.8 Å². The average molecular weight is 513 g/mol. The summed E-state index contributed by atoms with van der Waals surface area (Å²) in [6, 6.07) is 12.4. The summed E-state index contributed by atoms with van der Waals surface area (Å²) < 4.78 is 1.13. The van der Waals surface area contributed by atoms with Gasteiger partial charge in [-0.05, 0) is 72.1 Å². The first-order valence-corrected chi connectivity index (χ1v) is 12.2. The maximum absolute atomic E-state index is 9.78. The number of benzene rings is 1. The fourth-order valence-corrected chi connectivity index (χ4v) is 6.13. The molecule has 2 N–H and O–H groups in total. The van der Waals surface area contributed by atoms with E-state index in [0.717, 1.165) is 47.2 Å². The van der Waals surface area contributed by atoms with Crippen LogP contribution in [0.15, 0.2) is 52.6 Å². The van der Waals surface area contributed by atoms with Gasteiger partial charge >= 0.3 is 0 Å². The molecule has 0 atom stereocenters. The SMILES string of the molecule is CCO.Cc1cc(O)sc1-c1cnc2c(ccc3cc(-c4sc(Br)cc4C)cnc32)c1. The Morgan fingerprint density at radius 2 is 1.32 bits per heavy atom. The average Bonchev–Trinajstić information content (AvgIpc) is 3.27. The third kappa shape index (κ3) is 4.36. The smallest absolute Gasteiger partial charge is 0.171 e. The molecule has 0 aliphatic rings. The van der Waals surface area contributed by atoms with Crippen LogP contribution in [-0.4, -0.2) is 26.8 Å². The van der Waals surface area contributed by atoms with Gasteiger partial charge in [0.15, 0.2) is 5.06 Å². The van der Waals surface area contributed by atoms with E-state index in [1.807, 2.05) is 19.3 Å². The van der Waals surface area contributed by atoms with E-state index < -0.39 is 0 Å². The Bertz CT molecular complexity index is 1290. The number of rotatable bonds is 2. The first-order chi connectivity index (χ1) is 14.9. The molecule has 0 unspecified atom stereocenters. The fourth-order valence-electron chi connectivity index (χ4n) is 3.52. The topological polar surface area (TPSA) is 66.2 Å². The number of aryl methyl sites for hydroxylation is 2. The maximum Gasteiger partial charge on any atom is 0.171 e. The molecular weight excluding hydrogens is 492 g/mol. The number of pyridine rings is 2. The van der Waals surface area contributed by atoms with Crippen molar-refractivity contribution in [2.75, 3.05) is 6.61 Å². The van der Waals surface area contributed by atoms with Crippen molar-refractivity contribution in [3.8, 4) is 25.9 Å². The highest BCUT2D eigenvalue weighted by Gasteiger charge is 2.12. The first-order valence-electron chi connectivity index (χ1n) is 9.76. The summed E-state index contributed by atoms with van der Waals surface area (Å²) >= 11 is 6.67. The van der Waals surface area contributed by atoms with Crippen LogP contribution in [0.5, 0.6) is 5.06 Å². The van der Waals surface area contributed by atoms with E-state index in [1.54, 1.807) is 24.3 Å². The second-order valence-electron chi connectivity index (χ2n) is 7.13. The predicted octanol–water partition coefficient (Wildman–Crippen LogP) is 7.32. The summed E-state index contributed by atoms with van der Waals surface area (Å²) in [7, 11) is 0. The monoisotopic (exact) mass is 512 g/mol. The number of aromatic nitrogens is 2. The van der Waals surface area contributed by atoms with E-state index in [2.05, 4.69) is 53.2 Å². The van der Waals surface area contributed by atoms with Crippen LogP contribution in [0.2, 0.25) is 0 Å². The minimum atomic E-state index is 0.250.